The zero-order valence-electron chi connectivity index (χ0n) is 14.7. The van der Waals surface area contributed by atoms with Crippen LogP contribution in [0.15, 0.2) is 24.3 Å². The first-order valence-electron chi connectivity index (χ1n) is 9.12. The maximum Gasteiger partial charge on any atom is 0.243 e. The summed E-state index contributed by atoms with van der Waals surface area (Å²) in [4.78, 5) is 29.6. The van der Waals surface area contributed by atoms with Gasteiger partial charge in [0.25, 0.3) is 0 Å². The van der Waals surface area contributed by atoms with Crippen LogP contribution in [0.25, 0.3) is 11.0 Å². The highest BCUT2D eigenvalue weighted by Crippen LogP contribution is 2.33. The van der Waals surface area contributed by atoms with Crippen LogP contribution in [0.3, 0.4) is 0 Å². The van der Waals surface area contributed by atoms with Gasteiger partial charge < -0.3 is 5.32 Å². The van der Waals surface area contributed by atoms with E-state index >= 15 is 0 Å². The highest BCUT2D eigenvalue weighted by Gasteiger charge is 2.35. The molecule has 2 aliphatic rings. The molecule has 2 N–H and O–H groups in total. The standard InChI is InChI=1S/C19H24N4O2/c1-11-6-5-8-13(12(11)2)20-18(25)16-10-17(24)22-19-21-14-7-3-4-9-15(14)23(16)19/h3-4,7,9,11-13,16H,5-6,8,10H2,1-2H3,(H,20,25)(H,21,22,24). The van der Waals surface area contributed by atoms with E-state index in [1.54, 1.807) is 0 Å². The molecule has 1 saturated carbocycles. The van der Waals surface area contributed by atoms with Gasteiger partial charge in [-0.2, -0.15) is 0 Å². The Labute approximate surface area is 147 Å². The molecule has 2 heterocycles. The predicted molar refractivity (Wildman–Crippen MR) is 96.1 cm³/mol. The average Bonchev–Trinajstić information content (AvgIpc) is 2.96. The van der Waals surface area contributed by atoms with Crippen molar-refractivity contribution < 1.29 is 9.59 Å². The lowest BCUT2D eigenvalue weighted by Crippen LogP contribution is -2.47. The number of nitrogens with one attached hydrogen (secondary N) is 2. The van der Waals surface area contributed by atoms with Crippen LogP contribution in [0.1, 0.15) is 45.6 Å². The summed E-state index contributed by atoms with van der Waals surface area (Å²) in [5, 5.41) is 6.00. The Kier molecular flexibility index (Phi) is 3.98. The Morgan fingerprint density at radius 2 is 2.08 bits per heavy atom. The van der Waals surface area contributed by atoms with Crippen molar-refractivity contribution >= 4 is 28.8 Å². The summed E-state index contributed by atoms with van der Waals surface area (Å²) >= 11 is 0. The lowest BCUT2D eigenvalue weighted by molar-refractivity contribution is -0.129. The van der Waals surface area contributed by atoms with Gasteiger partial charge in [-0.1, -0.05) is 38.8 Å². The van der Waals surface area contributed by atoms with Crippen molar-refractivity contribution in [2.45, 2.75) is 51.6 Å². The minimum Gasteiger partial charge on any atom is -0.351 e. The number of hydrogen-bond donors (Lipinski definition) is 2. The number of benzene rings is 1. The van der Waals surface area contributed by atoms with Crippen molar-refractivity contribution in [2.75, 3.05) is 5.32 Å². The number of para-hydroxylation sites is 2. The fourth-order valence-corrected chi connectivity index (χ4v) is 4.17. The SMILES string of the molecule is CC1CCCC(NC(=O)C2CC(=O)Nc3nc4ccccc4n32)C1C. The lowest BCUT2D eigenvalue weighted by atomic mass is 9.78. The summed E-state index contributed by atoms with van der Waals surface area (Å²) < 4.78 is 1.86. The van der Waals surface area contributed by atoms with E-state index in [0.717, 1.165) is 23.9 Å². The molecule has 1 fully saturated rings. The molecule has 0 spiro atoms. The molecule has 1 aliphatic heterocycles. The van der Waals surface area contributed by atoms with Gasteiger partial charge in [-0.15, -0.1) is 0 Å². The number of anilines is 1. The van der Waals surface area contributed by atoms with Crippen molar-refractivity contribution in [3.8, 4) is 0 Å². The normalized spacial score (nSPS) is 29.1. The van der Waals surface area contributed by atoms with E-state index < -0.39 is 6.04 Å². The van der Waals surface area contributed by atoms with Crippen molar-refractivity contribution in [3.05, 3.63) is 24.3 Å². The third-order valence-electron chi connectivity index (χ3n) is 5.87. The van der Waals surface area contributed by atoms with Gasteiger partial charge in [-0.3, -0.25) is 19.5 Å². The second kappa shape index (κ2) is 6.17. The van der Waals surface area contributed by atoms with E-state index in [2.05, 4.69) is 29.5 Å². The number of nitrogens with zero attached hydrogens (tertiary/aromatic N) is 2. The summed E-state index contributed by atoms with van der Waals surface area (Å²) in [6.45, 7) is 4.46. The fraction of sp³-hybridized carbons (Fsp3) is 0.526. The summed E-state index contributed by atoms with van der Waals surface area (Å²) in [5.41, 5.74) is 1.67. The minimum atomic E-state index is -0.541. The van der Waals surface area contributed by atoms with E-state index in [0.29, 0.717) is 17.8 Å². The van der Waals surface area contributed by atoms with E-state index in [9.17, 15) is 9.59 Å². The zero-order chi connectivity index (χ0) is 17.6. The Morgan fingerprint density at radius 1 is 1.28 bits per heavy atom. The first-order valence-corrected chi connectivity index (χ1v) is 9.12. The summed E-state index contributed by atoms with van der Waals surface area (Å²) in [6, 6.07) is 7.30. The first-order chi connectivity index (χ1) is 12.0. The highest BCUT2D eigenvalue weighted by atomic mass is 16.2. The third kappa shape index (κ3) is 2.79. The first kappa shape index (κ1) is 16.1. The van der Waals surface area contributed by atoms with Gasteiger partial charge in [0.1, 0.15) is 6.04 Å². The second-order valence-corrected chi connectivity index (χ2v) is 7.44. The van der Waals surface area contributed by atoms with Crippen LogP contribution in [0.2, 0.25) is 0 Å². The van der Waals surface area contributed by atoms with Crippen LogP contribution in [0, 0.1) is 11.8 Å². The van der Waals surface area contributed by atoms with Gasteiger partial charge >= 0.3 is 0 Å². The van der Waals surface area contributed by atoms with Crippen LogP contribution in [-0.4, -0.2) is 27.4 Å². The molecule has 4 unspecified atom stereocenters. The molecule has 0 radical (unpaired) electrons. The molecule has 4 rings (SSSR count). The maximum atomic E-state index is 13.0. The van der Waals surface area contributed by atoms with Crippen LogP contribution in [-0.2, 0) is 9.59 Å². The molecular formula is C19H24N4O2. The predicted octanol–water partition coefficient (Wildman–Crippen LogP) is 2.86. The average molecular weight is 340 g/mol. The molecule has 2 amide bonds. The van der Waals surface area contributed by atoms with Crippen molar-refractivity contribution in [2.24, 2.45) is 11.8 Å². The van der Waals surface area contributed by atoms with Gasteiger partial charge in [-0.05, 0) is 30.4 Å². The Bertz CT molecular complexity index is 828. The lowest BCUT2D eigenvalue weighted by Gasteiger charge is -2.36. The highest BCUT2D eigenvalue weighted by molar-refractivity contribution is 5.99. The Morgan fingerprint density at radius 3 is 2.92 bits per heavy atom. The van der Waals surface area contributed by atoms with Gasteiger partial charge in [-0.25, -0.2) is 4.98 Å². The summed E-state index contributed by atoms with van der Waals surface area (Å²) in [6.07, 6.45) is 3.51. The molecule has 132 valence electrons. The number of amides is 2. The molecule has 25 heavy (non-hydrogen) atoms. The van der Waals surface area contributed by atoms with E-state index in [1.165, 1.54) is 6.42 Å². The van der Waals surface area contributed by atoms with Gasteiger partial charge in [0.2, 0.25) is 17.8 Å². The van der Waals surface area contributed by atoms with Gasteiger partial charge in [0.05, 0.1) is 17.5 Å². The number of imidazole rings is 1. The molecule has 2 aromatic rings. The van der Waals surface area contributed by atoms with Gasteiger partial charge in [0.15, 0.2) is 0 Å². The monoisotopic (exact) mass is 340 g/mol. The van der Waals surface area contributed by atoms with E-state index in [4.69, 9.17) is 0 Å². The van der Waals surface area contributed by atoms with Crippen molar-refractivity contribution in [3.63, 3.8) is 0 Å². The molecule has 4 atom stereocenters. The fourth-order valence-electron chi connectivity index (χ4n) is 4.17. The zero-order valence-corrected chi connectivity index (χ0v) is 14.7. The molecule has 6 heteroatoms. The van der Waals surface area contributed by atoms with E-state index in [1.807, 2.05) is 28.8 Å². The number of carbonyl (C=O) groups excluding carboxylic acids is 2. The quantitative estimate of drug-likeness (QED) is 0.882. The van der Waals surface area contributed by atoms with Crippen molar-refractivity contribution in [1.29, 1.82) is 0 Å². The summed E-state index contributed by atoms with van der Waals surface area (Å²) in [5.74, 6) is 1.29. The van der Waals surface area contributed by atoms with E-state index in [-0.39, 0.29) is 24.3 Å². The molecule has 1 aromatic carbocycles. The molecular weight excluding hydrogens is 316 g/mol. The number of rotatable bonds is 2. The largest absolute Gasteiger partial charge is 0.351 e. The minimum absolute atomic E-state index is 0.0785. The number of hydrogen-bond acceptors (Lipinski definition) is 3. The Balaban J connectivity index is 1.64. The maximum absolute atomic E-state index is 13.0. The number of fused-ring (bicyclic) bond motifs is 3. The van der Waals surface area contributed by atoms with Crippen LogP contribution >= 0.6 is 0 Å². The van der Waals surface area contributed by atoms with Gasteiger partial charge in [0, 0.05) is 6.04 Å². The third-order valence-corrected chi connectivity index (χ3v) is 5.87. The van der Waals surface area contributed by atoms with Crippen molar-refractivity contribution in [1.82, 2.24) is 14.9 Å². The molecule has 0 bridgehead atoms. The molecule has 1 aromatic heterocycles. The smallest absolute Gasteiger partial charge is 0.243 e. The number of carbonyl (C=O) groups is 2. The molecule has 0 saturated heterocycles. The second-order valence-electron chi connectivity index (χ2n) is 7.44. The Hall–Kier alpha value is -2.37. The van der Waals surface area contributed by atoms with Crippen LogP contribution < -0.4 is 10.6 Å². The van der Waals surface area contributed by atoms with Crippen LogP contribution in [0.5, 0.6) is 0 Å². The summed E-state index contributed by atoms with van der Waals surface area (Å²) in [7, 11) is 0. The molecule has 6 nitrogen and oxygen atoms in total. The topological polar surface area (TPSA) is 76.0 Å². The molecule has 1 aliphatic carbocycles. The van der Waals surface area contributed by atoms with Crippen LogP contribution in [0.4, 0.5) is 5.95 Å². The number of aromatic nitrogens is 2.